The monoisotopic (exact) mass is 343 g/mol. The highest BCUT2D eigenvalue weighted by Crippen LogP contribution is 2.28. The quantitative estimate of drug-likeness (QED) is 0.486. The minimum atomic E-state index is -0.282. The van der Waals surface area contributed by atoms with E-state index in [0.717, 1.165) is 29.6 Å². The van der Waals surface area contributed by atoms with Crippen molar-refractivity contribution in [2.24, 2.45) is 0 Å². The first-order valence-electron chi connectivity index (χ1n) is 9.13. The van der Waals surface area contributed by atoms with Crippen molar-refractivity contribution < 1.29 is 14.3 Å². The molecule has 2 aromatic rings. The van der Waals surface area contributed by atoms with E-state index in [1.54, 1.807) is 0 Å². The molecule has 0 spiro atoms. The number of carbonyl (C=O) groups is 1. The van der Waals surface area contributed by atoms with Crippen LogP contribution in [0.1, 0.15) is 68.3 Å². The van der Waals surface area contributed by atoms with Gasteiger partial charge in [0.1, 0.15) is 0 Å². The van der Waals surface area contributed by atoms with E-state index < -0.39 is 0 Å². The maximum Gasteiger partial charge on any atom is 0.338 e. The number of carbonyl (C=O) groups excluding carboxylic acids is 1. The van der Waals surface area contributed by atoms with Gasteiger partial charge in [-0.3, -0.25) is 0 Å². The van der Waals surface area contributed by atoms with Crippen molar-refractivity contribution in [1.29, 1.82) is 0 Å². The van der Waals surface area contributed by atoms with E-state index in [0.29, 0.717) is 12.2 Å². The summed E-state index contributed by atoms with van der Waals surface area (Å²) < 4.78 is 13.6. The lowest BCUT2D eigenvalue weighted by molar-refractivity contribution is 0.0180. The van der Waals surface area contributed by atoms with E-state index >= 15 is 0 Å². The molecule has 0 bridgehead atoms. The number of pyridine rings is 1. The summed E-state index contributed by atoms with van der Waals surface area (Å²) in [6, 6.07) is 5.86. The molecule has 136 valence electrons. The predicted molar refractivity (Wildman–Crippen MR) is 101 cm³/mol. The van der Waals surface area contributed by atoms with E-state index in [1.165, 1.54) is 0 Å². The van der Waals surface area contributed by atoms with E-state index in [9.17, 15) is 4.79 Å². The lowest BCUT2D eigenvalue weighted by Gasteiger charge is -2.23. The van der Waals surface area contributed by atoms with Crippen LogP contribution < -0.4 is 0 Å². The SMILES string of the molecule is CC/C=C\C(CC)OC(C)c1c(C)c(C(=O)OCC)cc2cccn12. The molecule has 2 unspecified atom stereocenters. The first-order chi connectivity index (χ1) is 12.0. The Hall–Kier alpha value is -2.07. The minimum absolute atomic E-state index is 0.0613. The van der Waals surface area contributed by atoms with Crippen LogP contribution in [-0.2, 0) is 9.47 Å². The van der Waals surface area contributed by atoms with Crippen LogP contribution in [0, 0.1) is 6.92 Å². The van der Waals surface area contributed by atoms with Crippen LogP contribution in [0.2, 0.25) is 0 Å². The molecule has 0 radical (unpaired) electrons. The minimum Gasteiger partial charge on any atom is -0.462 e. The molecule has 0 saturated heterocycles. The van der Waals surface area contributed by atoms with Crippen LogP contribution >= 0.6 is 0 Å². The van der Waals surface area contributed by atoms with Crippen molar-refractivity contribution in [3.8, 4) is 0 Å². The number of hydrogen-bond donors (Lipinski definition) is 0. The molecular formula is C21H29NO3. The summed E-state index contributed by atoms with van der Waals surface area (Å²) >= 11 is 0. The third kappa shape index (κ3) is 4.31. The van der Waals surface area contributed by atoms with Gasteiger partial charge in [0.05, 0.1) is 30.1 Å². The van der Waals surface area contributed by atoms with Gasteiger partial charge >= 0.3 is 5.97 Å². The van der Waals surface area contributed by atoms with Crippen LogP contribution in [-0.4, -0.2) is 23.1 Å². The molecule has 0 saturated carbocycles. The van der Waals surface area contributed by atoms with Crippen LogP contribution in [0.4, 0.5) is 0 Å². The number of esters is 1. The Kier molecular flexibility index (Phi) is 6.82. The second kappa shape index (κ2) is 8.86. The number of rotatable bonds is 8. The number of aromatic nitrogens is 1. The number of nitrogens with zero attached hydrogens (tertiary/aromatic N) is 1. The van der Waals surface area contributed by atoms with Crippen LogP contribution in [0.15, 0.2) is 36.5 Å². The third-order valence-electron chi connectivity index (χ3n) is 4.37. The summed E-state index contributed by atoms with van der Waals surface area (Å²) in [5.74, 6) is -0.282. The number of allylic oxidation sites excluding steroid dienone is 1. The fraction of sp³-hybridized carbons (Fsp3) is 0.476. The molecule has 0 aliphatic heterocycles. The summed E-state index contributed by atoms with van der Waals surface area (Å²) in [7, 11) is 0. The van der Waals surface area contributed by atoms with Crippen molar-refractivity contribution in [1.82, 2.24) is 4.40 Å². The van der Waals surface area contributed by atoms with Crippen molar-refractivity contribution in [3.63, 3.8) is 0 Å². The van der Waals surface area contributed by atoms with Crippen LogP contribution in [0.3, 0.4) is 0 Å². The molecule has 2 rings (SSSR count). The molecule has 2 heterocycles. The van der Waals surface area contributed by atoms with Gasteiger partial charge in [-0.15, -0.1) is 0 Å². The average molecular weight is 343 g/mol. The summed E-state index contributed by atoms with van der Waals surface area (Å²) in [5.41, 5.74) is 3.48. The number of hydrogen-bond acceptors (Lipinski definition) is 3. The highest BCUT2D eigenvalue weighted by Gasteiger charge is 2.22. The standard InChI is InChI=1S/C21H29NO3/c1-6-9-12-18(7-2)25-16(5)20-15(4)19(21(23)24-8-3)14-17-11-10-13-22(17)20/h9-14,16,18H,6-8H2,1-5H3/b12-9-. The van der Waals surface area contributed by atoms with Gasteiger partial charge in [-0.25, -0.2) is 4.79 Å². The van der Waals surface area contributed by atoms with Gasteiger partial charge < -0.3 is 13.9 Å². The smallest absolute Gasteiger partial charge is 0.338 e. The Labute approximate surface area is 150 Å². The van der Waals surface area contributed by atoms with Gasteiger partial charge in [-0.05, 0) is 57.4 Å². The first-order valence-corrected chi connectivity index (χ1v) is 9.13. The van der Waals surface area contributed by atoms with E-state index in [4.69, 9.17) is 9.47 Å². The molecule has 0 aliphatic carbocycles. The average Bonchev–Trinajstić information content (AvgIpc) is 3.05. The van der Waals surface area contributed by atoms with E-state index in [2.05, 4.69) is 30.4 Å². The molecular weight excluding hydrogens is 314 g/mol. The third-order valence-corrected chi connectivity index (χ3v) is 4.37. The second-order valence-corrected chi connectivity index (χ2v) is 6.15. The van der Waals surface area contributed by atoms with Crippen molar-refractivity contribution in [2.45, 2.75) is 59.7 Å². The molecule has 0 aliphatic rings. The topological polar surface area (TPSA) is 39.9 Å². The largest absolute Gasteiger partial charge is 0.462 e. The molecule has 2 atom stereocenters. The van der Waals surface area contributed by atoms with Gasteiger partial charge in [0.2, 0.25) is 0 Å². The van der Waals surface area contributed by atoms with Gasteiger partial charge in [-0.1, -0.05) is 26.0 Å². The van der Waals surface area contributed by atoms with Gasteiger partial charge in [0, 0.05) is 11.7 Å². The van der Waals surface area contributed by atoms with Gasteiger partial charge in [0.25, 0.3) is 0 Å². The Morgan fingerprint density at radius 1 is 1.32 bits per heavy atom. The Morgan fingerprint density at radius 3 is 2.72 bits per heavy atom. The Balaban J connectivity index is 2.44. The lowest BCUT2D eigenvalue weighted by atomic mass is 10.0. The van der Waals surface area contributed by atoms with Crippen molar-refractivity contribution in [3.05, 3.63) is 53.4 Å². The van der Waals surface area contributed by atoms with Crippen LogP contribution in [0.25, 0.3) is 5.52 Å². The number of fused-ring (bicyclic) bond motifs is 1. The summed E-state index contributed by atoms with van der Waals surface area (Å²) in [4.78, 5) is 12.3. The summed E-state index contributed by atoms with van der Waals surface area (Å²) in [6.07, 6.45) is 8.08. The fourth-order valence-electron chi connectivity index (χ4n) is 3.12. The normalized spacial score (nSPS) is 14.1. The first kappa shape index (κ1) is 19.3. The van der Waals surface area contributed by atoms with Gasteiger partial charge in [-0.2, -0.15) is 0 Å². The van der Waals surface area contributed by atoms with Crippen molar-refractivity contribution in [2.75, 3.05) is 6.61 Å². The second-order valence-electron chi connectivity index (χ2n) is 6.15. The highest BCUT2D eigenvalue weighted by atomic mass is 16.5. The molecule has 4 heteroatoms. The maximum absolute atomic E-state index is 12.3. The fourth-order valence-corrected chi connectivity index (χ4v) is 3.12. The van der Waals surface area contributed by atoms with Crippen LogP contribution in [0.5, 0.6) is 0 Å². The molecule has 0 fully saturated rings. The van der Waals surface area contributed by atoms with E-state index in [-0.39, 0.29) is 18.2 Å². The molecule has 0 amide bonds. The molecule has 0 aromatic carbocycles. The predicted octanol–water partition coefficient (Wildman–Crippen LogP) is 5.25. The summed E-state index contributed by atoms with van der Waals surface area (Å²) in [6.45, 7) is 10.4. The summed E-state index contributed by atoms with van der Waals surface area (Å²) in [5, 5.41) is 0. The van der Waals surface area contributed by atoms with Crippen molar-refractivity contribution >= 4 is 11.5 Å². The zero-order valence-corrected chi connectivity index (χ0v) is 15.9. The molecule has 4 nitrogen and oxygen atoms in total. The zero-order valence-electron chi connectivity index (χ0n) is 15.9. The Bertz CT molecular complexity index is 745. The highest BCUT2D eigenvalue weighted by molar-refractivity contribution is 5.92. The maximum atomic E-state index is 12.3. The van der Waals surface area contributed by atoms with Gasteiger partial charge in [0.15, 0.2) is 0 Å². The molecule has 2 aromatic heterocycles. The molecule has 0 N–H and O–H groups in total. The van der Waals surface area contributed by atoms with E-state index in [1.807, 2.05) is 45.2 Å². The lowest BCUT2D eigenvalue weighted by Crippen LogP contribution is -2.17. The zero-order chi connectivity index (χ0) is 18.4. The number of ether oxygens (including phenoxy) is 2. The Morgan fingerprint density at radius 2 is 2.08 bits per heavy atom. The molecule has 25 heavy (non-hydrogen) atoms.